The number of hydrogen-bond acceptors (Lipinski definition) is 5. The van der Waals surface area contributed by atoms with Gasteiger partial charge in [-0.25, -0.2) is 9.98 Å². The molecule has 5 heteroatoms. The first-order valence-corrected chi connectivity index (χ1v) is 19.2. The lowest BCUT2D eigenvalue weighted by Gasteiger charge is -2.34. The van der Waals surface area contributed by atoms with Crippen molar-refractivity contribution < 1.29 is 0 Å². The zero-order valence-corrected chi connectivity index (χ0v) is 30.6. The van der Waals surface area contributed by atoms with Gasteiger partial charge in [-0.1, -0.05) is 176 Å². The van der Waals surface area contributed by atoms with Crippen molar-refractivity contribution >= 4 is 22.2 Å². The Bertz CT molecular complexity index is 2530. The lowest BCUT2D eigenvalue weighted by atomic mass is 9.85. The van der Waals surface area contributed by atoms with Crippen molar-refractivity contribution in [2.24, 2.45) is 10.7 Å². The van der Waals surface area contributed by atoms with E-state index in [0.29, 0.717) is 0 Å². The summed E-state index contributed by atoms with van der Waals surface area (Å²) >= 11 is 0. The van der Waals surface area contributed by atoms with Crippen LogP contribution in [0.5, 0.6) is 0 Å². The molecule has 9 rings (SSSR count). The van der Waals surface area contributed by atoms with Gasteiger partial charge >= 0.3 is 0 Å². The third-order valence-corrected chi connectivity index (χ3v) is 10.8. The third-order valence-electron chi connectivity index (χ3n) is 10.8. The van der Waals surface area contributed by atoms with Gasteiger partial charge in [-0.15, -0.1) is 0 Å². The quantitative estimate of drug-likeness (QED) is 0.147. The van der Waals surface area contributed by atoms with Crippen LogP contribution >= 0.6 is 0 Å². The number of benzene rings is 5. The number of nitrogens with one attached hydrogen (secondary N) is 2. The molecule has 55 heavy (non-hydrogen) atoms. The van der Waals surface area contributed by atoms with Gasteiger partial charge in [-0.3, -0.25) is 5.32 Å². The van der Waals surface area contributed by atoms with Crippen molar-refractivity contribution in [3.63, 3.8) is 0 Å². The van der Waals surface area contributed by atoms with Gasteiger partial charge in [0.1, 0.15) is 18.2 Å². The first kappa shape index (κ1) is 34.2. The number of amidine groups is 1. The van der Waals surface area contributed by atoms with Crippen LogP contribution in [0.25, 0.3) is 38.7 Å². The summed E-state index contributed by atoms with van der Waals surface area (Å²) in [7, 11) is 0. The molecule has 4 N–H and O–H groups in total. The van der Waals surface area contributed by atoms with Crippen LogP contribution in [0, 0.1) is 0 Å². The fourth-order valence-electron chi connectivity index (χ4n) is 8.07. The van der Waals surface area contributed by atoms with E-state index in [4.69, 9.17) is 15.7 Å². The van der Waals surface area contributed by atoms with E-state index in [1.54, 1.807) is 6.20 Å². The number of aromatic nitrogens is 1. The maximum Gasteiger partial charge on any atom is 0.131 e. The molecule has 0 amide bonds. The first-order chi connectivity index (χ1) is 27.2. The molecular weight excluding hydrogens is 671 g/mol. The molecule has 2 heterocycles. The molecule has 0 saturated carbocycles. The average Bonchev–Trinajstić information content (AvgIpc) is 3.27. The first-order valence-electron chi connectivity index (χ1n) is 19.2. The molecule has 0 saturated heterocycles. The summed E-state index contributed by atoms with van der Waals surface area (Å²) in [5, 5.41) is 9.77. The Morgan fingerprint density at radius 3 is 2.15 bits per heavy atom. The largest absolute Gasteiger partial charge is 0.404 e. The Balaban J connectivity index is 1.12. The third kappa shape index (κ3) is 6.98. The lowest BCUT2D eigenvalue weighted by Crippen LogP contribution is -2.52. The van der Waals surface area contributed by atoms with Gasteiger partial charge in [0.15, 0.2) is 0 Å². The van der Waals surface area contributed by atoms with Crippen LogP contribution in [0.1, 0.15) is 53.7 Å². The highest BCUT2D eigenvalue weighted by molar-refractivity contribution is 6.08. The van der Waals surface area contributed by atoms with Crippen LogP contribution in [0.15, 0.2) is 198 Å². The number of pyridine rings is 1. The molecule has 2 aliphatic carbocycles. The molecule has 1 aliphatic heterocycles. The van der Waals surface area contributed by atoms with E-state index in [-0.39, 0.29) is 18.2 Å². The monoisotopic (exact) mass is 713 g/mol. The molecule has 5 nitrogen and oxygen atoms in total. The lowest BCUT2D eigenvalue weighted by molar-refractivity contribution is 0.439. The summed E-state index contributed by atoms with van der Waals surface area (Å²) in [6.07, 6.45) is 17.8. The van der Waals surface area contributed by atoms with E-state index in [2.05, 4.69) is 174 Å². The van der Waals surface area contributed by atoms with E-state index in [1.807, 2.05) is 12.1 Å². The summed E-state index contributed by atoms with van der Waals surface area (Å²) in [5.74, 6) is 1.08. The van der Waals surface area contributed by atoms with E-state index in [0.717, 1.165) is 80.6 Å². The molecule has 268 valence electrons. The Morgan fingerprint density at radius 1 is 0.709 bits per heavy atom. The van der Waals surface area contributed by atoms with Crippen LogP contribution in [-0.4, -0.2) is 17.0 Å². The van der Waals surface area contributed by atoms with Crippen molar-refractivity contribution in [1.29, 1.82) is 0 Å². The maximum absolute atomic E-state index is 6.41. The van der Waals surface area contributed by atoms with Crippen LogP contribution in [0.2, 0.25) is 0 Å². The van der Waals surface area contributed by atoms with E-state index >= 15 is 0 Å². The summed E-state index contributed by atoms with van der Waals surface area (Å²) in [6.45, 7) is 0. The minimum absolute atomic E-state index is 0.120. The van der Waals surface area contributed by atoms with Crippen LogP contribution in [0.3, 0.4) is 0 Å². The predicted octanol–water partition coefficient (Wildman–Crippen LogP) is 10.8. The van der Waals surface area contributed by atoms with Crippen molar-refractivity contribution in [2.75, 3.05) is 0 Å². The fourth-order valence-corrected chi connectivity index (χ4v) is 8.07. The number of allylic oxidation sites excluding steroid dienone is 7. The SMILES string of the molecule is NC=C(C1=CC=CCC1)c1nc(-c2ccccc2)c(-c2cccc(C3C=C(C4NC(c5ccccc5)=NC(c5ccccc5)N4)C=CC3)c2)c2ccccc12. The Morgan fingerprint density at radius 2 is 1.40 bits per heavy atom. The number of hydrogen-bond donors (Lipinski definition) is 3. The normalized spacial score (nSPS) is 19.7. The maximum atomic E-state index is 6.41. The molecule has 3 aliphatic rings. The summed E-state index contributed by atoms with van der Waals surface area (Å²) < 4.78 is 0. The predicted molar refractivity (Wildman–Crippen MR) is 228 cm³/mol. The molecule has 6 aromatic rings. The van der Waals surface area contributed by atoms with E-state index in [9.17, 15) is 0 Å². The van der Waals surface area contributed by atoms with Crippen LogP contribution in [0.4, 0.5) is 0 Å². The number of nitrogens with zero attached hydrogens (tertiary/aromatic N) is 2. The van der Waals surface area contributed by atoms with Gasteiger partial charge < -0.3 is 11.1 Å². The second-order valence-corrected chi connectivity index (χ2v) is 14.3. The van der Waals surface area contributed by atoms with E-state index in [1.165, 1.54) is 16.7 Å². The average molecular weight is 714 g/mol. The summed E-state index contributed by atoms with van der Waals surface area (Å²) in [6, 6.07) is 49.1. The molecular formula is C50H43N5. The van der Waals surface area contributed by atoms with Crippen molar-refractivity contribution in [2.45, 2.75) is 37.5 Å². The van der Waals surface area contributed by atoms with Crippen molar-refractivity contribution in [3.05, 3.63) is 216 Å². The highest BCUT2D eigenvalue weighted by Crippen LogP contribution is 2.42. The zero-order valence-electron chi connectivity index (χ0n) is 30.6. The molecule has 0 radical (unpaired) electrons. The fraction of sp³-hybridized carbons (Fsp3) is 0.120. The number of nitrogens with two attached hydrogens (primary N) is 1. The molecule has 0 fully saturated rings. The van der Waals surface area contributed by atoms with Gasteiger partial charge in [0, 0.05) is 39.8 Å². The number of fused-ring (bicyclic) bond motifs is 1. The van der Waals surface area contributed by atoms with Crippen LogP contribution < -0.4 is 16.4 Å². The standard InChI is InChI=1S/C50H43N5/c51-33-44(34-17-5-1-6-18-34)47-43-30-14-13-29-42(43)45(46(52-47)35-19-7-2-8-20-35)40-27-15-25-38(31-40)39-26-16-28-41(32-39)50-54-48(36-21-9-3-10-22-36)53-49(55-50)37-23-11-4-12-24-37/h1-5,7-17,19-25,27-33,39,48,50,54H,6,18,26,51H2,(H,53,55). The van der Waals surface area contributed by atoms with E-state index < -0.39 is 0 Å². The zero-order chi connectivity index (χ0) is 37.0. The highest BCUT2D eigenvalue weighted by Gasteiger charge is 2.28. The molecule has 0 bridgehead atoms. The van der Waals surface area contributed by atoms with Gasteiger partial charge in [0.05, 0.1) is 11.4 Å². The summed E-state index contributed by atoms with van der Waals surface area (Å²) in [4.78, 5) is 10.6. The van der Waals surface area contributed by atoms with Crippen molar-refractivity contribution in [1.82, 2.24) is 15.6 Å². The second kappa shape index (κ2) is 15.4. The molecule has 3 unspecified atom stereocenters. The Hall–Kier alpha value is -6.56. The second-order valence-electron chi connectivity index (χ2n) is 14.3. The number of aliphatic imine (C=N–C) groups is 1. The minimum atomic E-state index is -0.179. The number of rotatable bonds is 8. The van der Waals surface area contributed by atoms with Crippen LogP contribution in [-0.2, 0) is 0 Å². The smallest absolute Gasteiger partial charge is 0.131 e. The molecule has 5 aromatic carbocycles. The Kier molecular flexibility index (Phi) is 9.60. The topological polar surface area (TPSA) is 75.3 Å². The molecule has 3 atom stereocenters. The molecule has 1 aromatic heterocycles. The summed E-state index contributed by atoms with van der Waals surface area (Å²) in [5.41, 5.74) is 18.5. The van der Waals surface area contributed by atoms with Gasteiger partial charge in [-0.2, -0.15) is 0 Å². The minimum Gasteiger partial charge on any atom is -0.404 e. The molecule has 0 spiro atoms. The van der Waals surface area contributed by atoms with Gasteiger partial charge in [0.25, 0.3) is 0 Å². The Labute approximate surface area is 323 Å². The van der Waals surface area contributed by atoms with Crippen molar-refractivity contribution in [3.8, 4) is 22.4 Å². The van der Waals surface area contributed by atoms with Gasteiger partial charge in [-0.05, 0) is 52.5 Å². The highest BCUT2D eigenvalue weighted by atomic mass is 15.3. The van der Waals surface area contributed by atoms with Gasteiger partial charge in [0.2, 0.25) is 0 Å².